The molecule has 24 heavy (non-hydrogen) atoms. The van der Waals surface area contributed by atoms with E-state index in [4.69, 9.17) is 4.74 Å². The number of benzene rings is 1. The maximum absolute atomic E-state index is 12.4. The Kier molecular flexibility index (Phi) is 4.14. The van der Waals surface area contributed by atoms with E-state index in [2.05, 4.69) is 29.4 Å². The molecule has 2 atom stereocenters. The van der Waals surface area contributed by atoms with Crippen LogP contribution in [-0.2, 0) is 34.4 Å². The molecule has 1 aliphatic heterocycles. The number of nitrogens with one attached hydrogen (secondary N) is 1. The number of aromatic nitrogens is 1. The van der Waals surface area contributed by atoms with Gasteiger partial charge in [0.15, 0.2) is 0 Å². The third kappa shape index (κ3) is 2.98. The third-order valence-corrected chi connectivity index (χ3v) is 6.29. The summed E-state index contributed by atoms with van der Waals surface area (Å²) in [5.74, 6) is 0.267. The SMILES string of the molecule is C[C@]1(c2ccccc2)C[C@H]1C(=O)NCCc1nc2c(s1)COCC2. The van der Waals surface area contributed by atoms with Crippen LogP contribution in [0, 0.1) is 5.92 Å². The van der Waals surface area contributed by atoms with Crippen molar-refractivity contribution in [1.82, 2.24) is 10.3 Å². The van der Waals surface area contributed by atoms with E-state index < -0.39 is 0 Å². The normalized spacial score (nSPS) is 25.1. The van der Waals surface area contributed by atoms with E-state index in [0.29, 0.717) is 13.2 Å². The van der Waals surface area contributed by atoms with E-state index in [9.17, 15) is 4.79 Å². The van der Waals surface area contributed by atoms with E-state index in [1.807, 2.05) is 18.2 Å². The first-order valence-corrected chi connectivity index (χ1v) is 9.37. The fourth-order valence-corrected chi connectivity index (χ4v) is 4.54. The molecule has 0 saturated heterocycles. The van der Waals surface area contributed by atoms with Crippen molar-refractivity contribution in [2.45, 2.75) is 38.2 Å². The highest BCUT2D eigenvalue weighted by molar-refractivity contribution is 7.11. The van der Waals surface area contributed by atoms with Gasteiger partial charge in [-0.3, -0.25) is 4.79 Å². The first kappa shape index (κ1) is 15.8. The molecule has 1 aromatic carbocycles. The van der Waals surface area contributed by atoms with Crippen molar-refractivity contribution in [2.24, 2.45) is 5.92 Å². The predicted molar refractivity (Wildman–Crippen MR) is 94.1 cm³/mol. The minimum Gasteiger partial charge on any atom is -0.375 e. The highest BCUT2D eigenvalue weighted by atomic mass is 32.1. The molecule has 1 amide bonds. The molecular weight excluding hydrogens is 320 g/mol. The number of rotatable bonds is 5. The smallest absolute Gasteiger partial charge is 0.224 e. The lowest BCUT2D eigenvalue weighted by atomic mass is 9.95. The zero-order valence-electron chi connectivity index (χ0n) is 13.9. The van der Waals surface area contributed by atoms with Gasteiger partial charge in [-0.05, 0) is 12.0 Å². The van der Waals surface area contributed by atoms with Crippen molar-refractivity contribution < 1.29 is 9.53 Å². The summed E-state index contributed by atoms with van der Waals surface area (Å²) in [6.45, 7) is 4.30. The molecule has 2 heterocycles. The van der Waals surface area contributed by atoms with E-state index >= 15 is 0 Å². The molecule has 0 spiro atoms. The lowest BCUT2D eigenvalue weighted by molar-refractivity contribution is -0.122. The van der Waals surface area contributed by atoms with Gasteiger partial charge in [0.2, 0.25) is 5.91 Å². The number of thiazole rings is 1. The van der Waals surface area contributed by atoms with Gasteiger partial charge >= 0.3 is 0 Å². The van der Waals surface area contributed by atoms with Crippen LogP contribution in [-0.4, -0.2) is 24.0 Å². The van der Waals surface area contributed by atoms with Gasteiger partial charge in [0, 0.05) is 30.7 Å². The predicted octanol–water partition coefficient (Wildman–Crippen LogP) is 2.85. The Morgan fingerprint density at radius 2 is 2.25 bits per heavy atom. The molecule has 2 aliphatic rings. The van der Waals surface area contributed by atoms with Crippen LogP contribution in [0.2, 0.25) is 0 Å². The maximum Gasteiger partial charge on any atom is 0.224 e. The first-order valence-electron chi connectivity index (χ1n) is 8.55. The van der Waals surface area contributed by atoms with Crippen molar-refractivity contribution in [2.75, 3.05) is 13.2 Å². The van der Waals surface area contributed by atoms with E-state index in [1.165, 1.54) is 16.1 Å². The summed E-state index contributed by atoms with van der Waals surface area (Å²) in [5, 5.41) is 4.20. The van der Waals surface area contributed by atoms with Crippen molar-refractivity contribution in [1.29, 1.82) is 0 Å². The summed E-state index contributed by atoms with van der Waals surface area (Å²) in [6, 6.07) is 10.3. The summed E-state index contributed by atoms with van der Waals surface area (Å²) < 4.78 is 5.46. The Morgan fingerprint density at radius 3 is 3.04 bits per heavy atom. The second-order valence-corrected chi connectivity index (χ2v) is 8.03. The van der Waals surface area contributed by atoms with Crippen molar-refractivity contribution >= 4 is 17.2 Å². The molecule has 1 aromatic heterocycles. The van der Waals surface area contributed by atoms with Crippen LogP contribution in [0.1, 0.15) is 34.5 Å². The maximum atomic E-state index is 12.4. The van der Waals surface area contributed by atoms with Crippen LogP contribution in [0.3, 0.4) is 0 Å². The average Bonchev–Trinajstić information content (AvgIpc) is 3.14. The van der Waals surface area contributed by atoms with Crippen molar-refractivity contribution in [3.05, 3.63) is 51.5 Å². The quantitative estimate of drug-likeness (QED) is 0.909. The molecule has 0 radical (unpaired) electrons. The van der Waals surface area contributed by atoms with Gasteiger partial charge in [-0.2, -0.15) is 0 Å². The van der Waals surface area contributed by atoms with Gasteiger partial charge in [-0.25, -0.2) is 4.98 Å². The minimum atomic E-state index is 0.00293. The molecular formula is C19H22N2O2S. The van der Waals surface area contributed by atoms with Crippen LogP contribution < -0.4 is 5.32 Å². The Labute approximate surface area is 146 Å². The molecule has 2 aromatic rings. The lowest BCUT2D eigenvalue weighted by Gasteiger charge is -2.11. The molecule has 0 unspecified atom stereocenters. The monoisotopic (exact) mass is 342 g/mol. The lowest BCUT2D eigenvalue weighted by Crippen LogP contribution is -2.29. The van der Waals surface area contributed by atoms with Crippen LogP contribution in [0.15, 0.2) is 30.3 Å². The molecule has 126 valence electrons. The number of hydrogen-bond donors (Lipinski definition) is 1. The van der Waals surface area contributed by atoms with Gasteiger partial charge < -0.3 is 10.1 Å². The zero-order chi connectivity index (χ0) is 16.6. The molecule has 1 saturated carbocycles. The second kappa shape index (κ2) is 6.30. The van der Waals surface area contributed by atoms with Crippen LogP contribution in [0.4, 0.5) is 0 Å². The van der Waals surface area contributed by atoms with Gasteiger partial charge in [-0.15, -0.1) is 11.3 Å². The van der Waals surface area contributed by atoms with Gasteiger partial charge in [-0.1, -0.05) is 37.3 Å². The molecule has 1 aliphatic carbocycles. The van der Waals surface area contributed by atoms with E-state index in [0.717, 1.165) is 30.9 Å². The molecule has 1 fully saturated rings. The van der Waals surface area contributed by atoms with E-state index in [-0.39, 0.29) is 17.2 Å². The molecule has 0 bridgehead atoms. The Bertz CT molecular complexity index is 720. The number of hydrogen-bond acceptors (Lipinski definition) is 4. The second-order valence-electron chi connectivity index (χ2n) is 6.86. The summed E-state index contributed by atoms with van der Waals surface area (Å²) in [7, 11) is 0. The molecule has 4 rings (SSSR count). The summed E-state index contributed by atoms with van der Waals surface area (Å²) in [4.78, 5) is 18.4. The number of amides is 1. The molecule has 1 N–H and O–H groups in total. The van der Waals surface area contributed by atoms with Crippen LogP contribution in [0.25, 0.3) is 0 Å². The third-order valence-electron chi connectivity index (χ3n) is 5.16. The van der Waals surface area contributed by atoms with Gasteiger partial charge in [0.25, 0.3) is 0 Å². The Hall–Kier alpha value is -1.72. The van der Waals surface area contributed by atoms with E-state index in [1.54, 1.807) is 11.3 Å². The molecule has 4 nitrogen and oxygen atoms in total. The number of carbonyl (C=O) groups excluding carboxylic acids is 1. The largest absolute Gasteiger partial charge is 0.375 e. The number of carbonyl (C=O) groups is 1. The number of ether oxygens (including phenoxy) is 1. The highest BCUT2D eigenvalue weighted by Crippen LogP contribution is 2.53. The van der Waals surface area contributed by atoms with Crippen molar-refractivity contribution in [3.8, 4) is 0 Å². The number of nitrogens with zero attached hydrogens (tertiary/aromatic N) is 1. The summed E-state index contributed by atoms with van der Waals surface area (Å²) in [5.41, 5.74) is 2.45. The highest BCUT2D eigenvalue weighted by Gasteiger charge is 2.55. The van der Waals surface area contributed by atoms with Crippen LogP contribution in [0.5, 0.6) is 0 Å². The van der Waals surface area contributed by atoms with Gasteiger partial charge in [0.05, 0.1) is 28.8 Å². The van der Waals surface area contributed by atoms with Crippen LogP contribution >= 0.6 is 11.3 Å². The Balaban J connectivity index is 1.29. The zero-order valence-corrected chi connectivity index (χ0v) is 14.7. The topological polar surface area (TPSA) is 51.2 Å². The fraction of sp³-hybridized carbons (Fsp3) is 0.474. The molecule has 5 heteroatoms. The minimum absolute atomic E-state index is 0.00293. The first-order chi connectivity index (χ1) is 11.7. The number of fused-ring (bicyclic) bond motifs is 1. The summed E-state index contributed by atoms with van der Waals surface area (Å²) in [6.07, 6.45) is 2.65. The standard InChI is InChI=1S/C19H22N2O2S/c1-19(13-5-3-2-4-6-13)11-14(19)18(22)20-9-7-17-21-15-8-10-23-12-16(15)24-17/h2-6,14H,7-12H2,1H3,(H,20,22)/t14-,19+/m0/s1. The van der Waals surface area contributed by atoms with Gasteiger partial charge in [0.1, 0.15) is 0 Å². The Morgan fingerprint density at radius 1 is 1.42 bits per heavy atom. The van der Waals surface area contributed by atoms with Crippen molar-refractivity contribution in [3.63, 3.8) is 0 Å². The summed E-state index contributed by atoms with van der Waals surface area (Å²) >= 11 is 1.72. The average molecular weight is 342 g/mol. The fourth-order valence-electron chi connectivity index (χ4n) is 3.49.